The molecule has 0 unspecified atom stereocenters. The molecule has 5 atom stereocenters. The molecule has 6 heteroatoms. The minimum absolute atomic E-state index is 0.0966. The standard InChI is InChI=1S/C24H33NO5/c26-11-2-12-29-18-7-8-24(28)19-13-16-5-6-17(27)21-20(16)23(24,22(18)30-21)9-10-25(19)14-15-3-1-4-15/h5-6,15,18-19,22,26-28H,1-4,7-14H2/t18-,19+,22-,23-,24+/m0/s1. The highest BCUT2D eigenvalue weighted by Gasteiger charge is 2.73. The molecule has 1 spiro atoms. The maximum Gasteiger partial charge on any atom is 0.165 e. The first-order chi connectivity index (χ1) is 14.6. The number of nitrogens with zero attached hydrogens (tertiary/aromatic N) is 1. The van der Waals surface area contributed by atoms with Crippen molar-refractivity contribution in [2.24, 2.45) is 5.92 Å². The van der Waals surface area contributed by atoms with Crippen molar-refractivity contribution in [2.45, 2.75) is 80.6 Å². The van der Waals surface area contributed by atoms with Gasteiger partial charge in [0.05, 0.1) is 17.1 Å². The molecule has 5 aliphatic rings. The number of piperidine rings is 1. The minimum atomic E-state index is -0.859. The Morgan fingerprint density at radius 1 is 1.20 bits per heavy atom. The third kappa shape index (κ3) is 2.39. The van der Waals surface area contributed by atoms with E-state index in [0.29, 0.717) is 25.2 Å². The van der Waals surface area contributed by atoms with Crippen LogP contribution in [0.3, 0.4) is 0 Å². The first kappa shape index (κ1) is 19.4. The third-order valence-electron chi connectivity index (χ3n) is 8.87. The highest BCUT2D eigenvalue weighted by molar-refractivity contribution is 5.62. The number of aromatic hydroxyl groups is 1. The number of likely N-dealkylation sites (tertiary alicyclic amines) is 1. The van der Waals surface area contributed by atoms with Crippen LogP contribution in [-0.2, 0) is 16.6 Å². The quantitative estimate of drug-likeness (QED) is 0.618. The van der Waals surface area contributed by atoms with Crippen LogP contribution in [0.15, 0.2) is 12.1 Å². The summed E-state index contributed by atoms with van der Waals surface area (Å²) in [6.07, 6.45) is 7.23. The van der Waals surface area contributed by atoms with Crippen LogP contribution < -0.4 is 4.74 Å². The van der Waals surface area contributed by atoms with Gasteiger partial charge < -0.3 is 24.8 Å². The molecule has 1 saturated heterocycles. The zero-order chi connectivity index (χ0) is 20.5. The summed E-state index contributed by atoms with van der Waals surface area (Å²) >= 11 is 0. The number of aliphatic hydroxyl groups excluding tert-OH is 1. The van der Waals surface area contributed by atoms with Crippen molar-refractivity contribution in [3.05, 3.63) is 23.3 Å². The van der Waals surface area contributed by atoms with E-state index < -0.39 is 11.0 Å². The molecular formula is C24H33NO5. The molecule has 2 saturated carbocycles. The topological polar surface area (TPSA) is 82.4 Å². The zero-order valence-electron chi connectivity index (χ0n) is 17.6. The molecule has 30 heavy (non-hydrogen) atoms. The summed E-state index contributed by atoms with van der Waals surface area (Å²) in [5.74, 6) is 1.51. The van der Waals surface area contributed by atoms with Gasteiger partial charge in [0.15, 0.2) is 11.5 Å². The van der Waals surface area contributed by atoms with Crippen molar-refractivity contribution in [2.75, 3.05) is 26.3 Å². The smallest absolute Gasteiger partial charge is 0.165 e. The lowest BCUT2D eigenvalue weighted by atomic mass is 9.48. The lowest BCUT2D eigenvalue weighted by Gasteiger charge is -2.64. The van der Waals surface area contributed by atoms with E-state index in [4.69, 9.17) is 14.6 Å². The second kappa shape index (κ2) is 6.83. The van der Waals surface area contributed by atoms with Gasteiger partial charge >= 0.3 is 0 Å². The monoisotopic (exact) mass is 415 g/mol. The van der Waals surface area contributed by atoms with Crippen LogP contribution in [0, 0.1) is 5.92 Å². The van der Waals surface area contributed by atoms with Gasteiger partial charge in [-0.25, -0.2) is 0 Å². The lowest BCUT2D eigenvalue weighted by Crippen LogP contribution is -2.77. The molecule has 6 rings (SSSR count). The van der Waals surface area contributed by atoms with Crippen LogP contribution in [0.1, 0.15) is 56.1 Å². The highest BCUT2D eigenvalue weighted by atomic mass is 16.6. The third-order valence-corrected chi connectivity index (χ3v) is 8.87. The Morgan fingerprint density at radius 3 is 2.83 bits per heavy atom. The van der Waals surface area contributed by atoms with Crippen LogP contribution in [0.4, 0.5) is 0 Å². The summed E-state index contributed by atoms with van der Waals surface area (Å²) in [5.41, 5.74) is 0.888. The Morgan fingerprint density at radius 2 is 2.07 bits per heavy atom. The number of hydrogen-bond acceptors (Lipinski definition) is 6. The molecule has 3 N–H and O–H groups in total. The molecule has 3 aliphatic carbocycles. The summed E-state index contributed by atoms with van der Waals surface area (Å²) < 4.78 is 12.6. The maximum absolute atomic E-state index is 12.4. The fourth-order valence-electron chi connectivity index (χ4n) is 7.28. The molecule has 0 radical (unpaired) electrons. The minimum Gasteiger partial charge on any atom is -0.504 e. The van der Waals surface area contributed by atoms with E-state index in [9.17, 15) is 10.2 Å². The van der Waals surface area contributed by atoms with E-state index >= 15 is 0 Å². The zero-order valence-corrected chi connectivity index (χ0v) is 17.6. The number of phenolic OH excluding ortho intramolecular Hbond substituents is 1. The lowest BCUT2D eigenvalue weighted by molar-refractivity contribution is -0.217. The van der Waals surface area contributed by atoms with Crippen LogP contribution >= 0.6 is 0 Å². The number of ether oxygens (including phenoxy) is 2. The average molecular weight is 416 g/mol. The largest absolute Gasteiger partial charge is 0.504 e. The van der Waals surface area contributed by atoms with Crippen molar-refractivity contribution in [1.82, 2.24) is 4.90 Å². The van der Waals surface area contributed by atoms with Gasteiger partial charge in [0, 0.05) is 31.4 Å². The molecule has 6 nitrogen and oxygen atoms in total. The summed E-state index contributed by atoms with van der Waals surface area (Å²) in [4.78, 5) is 2.56. The van der Waals surface area contributed by atoms with Gasteiger partial charge in [-0.3, -0.25) is 4.90 Å². The molecule has 2 aliphatic heterocycles. The molecule has 2 bridgehead atoms. The van der Waals surface area contributed by atoms with E-state index in [2.05, 4.69) is 4.90 Å². The summed E-state index contributed by atoms with van der Waals surface area (Å²) in [5, 5.41) is 32.1. The Labute approximate surface area is 177 Å². The van der Waals surface area contributed by atoms with E-state index in [1.807, 2.05) is 6.07 Å². The first-order valence-corrected chi connectivity index (χ1v) is 11.8. The molecule has 1 aromatic carbocycles. The first-order valence-electron chi connectivity index (χ1n) is 11.8. The van der Waals surface area contributed by atoms with Crippen molar-refractivity contribution >= 4 is 0 Å². The fourth-order valence-corrected chi connectivity index (χ4v) is 7.28. The number of rotatable bonds is 6. The number of aliphatic hydroxyl groups is 2. The molecule has 164 valence electrons. The summed E-state index contributed by atoms with van der Waals surface area (Å²) in [6, 6.07) is 3.89. The molecule has 3 fully saturated rings. The molecular weight excluding hydrogens is 382 g/mol. The number of hydrogen-bond donors (Lipinski definition) is 3. The Hall–Kier alpha value is -1.34. The van der Waals surface area contributed by atoms with E-state index in [1.54, 1.807) is 6.07 Å². The van der Waals surface area contributed by atoms with Gasteiger partial charge in [-0.1, -0.05) is 12.5 Å². The van der Waals surface area contributed by atoms with Gasteiger partial charge in [-0.2, -0.15) is 0 Å². The SMILES string of the molecule is OCCCO[C@H]1CC[C@@]2(O)[C@H]3Cc4ccc(O)c5c4[C@@]2(CCN3CC2CCC2)[C@H]1O5. The summed E-state index contributed by atoms with van der Waals surface area (Å²) in [7, 11) is 0. The Balaban J connectivity index is 1.42. The molecule has 1 aromatic rings. The molecule has 0 aromatic heterocycles. The van der Waals surface area contributed by atoms with E-state index in [1.165, 1.54) is 24.8 Å². The van der Waals surface area contributed by atoms with Crippen molar-refractivity contribution < 1.29 is 24.8 Å². The van der Waals surface area contributed by atoms with Gasteiger partial charge in [0.2, 0.25) is 0 Å². The van der Waals surface area contributed by atoms with Crippen molar-refractivity contribution in [3.63, 3.8) is 0 Å². The Kier molecular flexibility index (Phi) is 4.40. The highest BCUT2D eigenvalue weighted by Crippen LogP contribution is 2.65. The predicted molar refractivity (Wildman–Crippen MR) is 111 cm³/mol. The van der Waals surface area contributed by atoms with Crippen LogP contribution in [-0.4, -0.2) is 70.4 Å². The summed E-state index contributed by atoms with van der Waals surface area (Å²) in [6.45, 7) is 2.64. The molecule has 2 heterocycles. The second-order valence-corrected chi connectivity index (χ2v) is 10.2. The molecule has 0 amide bonds. The number of benzene rings is 1. The maximum atomic E-state index is 12.4. The Bertz CT molecular complexity index is 841. The normalized spacial score (nSPS) is 39.3. The van der Waals surface area contributed by atoms with Gasteiger partial charge in [-0.15, -0.1) is 0 Å². The van der Waals surface area contributed by atoms with Crippen LogP contribution in [0.5, 0.6) is 11.5 Å². The van der Waals surface area contributed by atoms with Crippen molar-refractivity contribution in [1.29, 1.82) is 0 Å². The van der Waals surface area contributed by atoms with E-state index in [-0.39, 0.29) is 30.6 Å². The van der Waals surface area contributed by atoms with Crippen LogP contribution in [0.25, 0.3) is 0 Å². The number of phenols is 1. The van der Waals surface area contributed by atoms with Crippen LogP contribution in [0.2, 0.25) is 0 Å². The van der Waals surface area contributed by atoms with Gasteiger partial charge in [0.25, 0.3) is 0 Å². The van der Waals surface area contributed by atoms with Gasteiger partial charge in [0.1, 0.15) is 6.10 Å². The fraction of sp³-hybridized carbons (Fsp3) is 0.750. The van der Waals surface area contributed by atoms with Gasteiger partial charge in [-0.05, 0) is 69.0 Å². The van der Waals surface area contributed by atoms with Crippen molar-refractivity contribution in [3.8, 4) is 11.5 Å². The second-order valence-electron chi connectivity index (χ2n) is 10.2. The average Bonchev–Trinajstić information content (AvgIpc) is 3.05. The van der Waals surface area contributed by atoms with E-state index in [0.717, 1.165) is 43.8 Å². The predicted octanol–water partition coefficient (Wildman–Crippen LogP) is 2.11.